The molecule has 6 heteroatoms. The topological polar surface area (TPSA) is 67.0 Å². The lowest BCUT2D eigenvalue weighted by Crippen LogP contribution is -2.24. The van der Waals surface area contributed by atoms with Gasteiger partial charge in [-0.05, 0) is 78.9 Å². The second kappa shape index (κ2) is 10.6. The van der Waals surface area contributed by atoms with E-state index in [0.717, 1.165) is 28.4 Å². The molecule has 0 aliphatic heterocycles. The van der Waals surface area contributed by atoms with Crippen LogP contribution in [0.4, 0.5) is 0 Å². The highest BCUT2D eigenvalue weighted by atomic mass is 32.2. The monoisotopic (exact) mass is 419 g/mol. The summed E-state index contributed by atoms with van der Waals surface area (Å²) in [5.74, 6) is 0.775. The lowest BCUT2D eigenvalue weighted by atomic mass is 10.1. The third-order valence-corrected chi connectivity index (χ3v) is 5.59. The van der Waals surface area contributed by atoms with E-state index in [1.807, 2.05) is 30.3 Å². The van der Waals surface area contributed by atoms with Crippen molar-refractivity contribution in [2.45, 2.75) is 24.2 Å². The molecule has 0 saturated carbocycles. The molecular weight excluding hydrogens is 394 g/mol. The van der Waals surface area contributed by atoms with Crippen LogP contribution in [-0.2, 0) is 11.2 Å². The van der Waals surface area contributed by atoms with Gasteiger partial charge in [0.15, 0.2) is 0 Å². The van der Waals surface area contributed by atoms with Crippen molar-refractivity contribution in [2.24, 2.45) is 0 Å². The van der Waals surface area contributed by atoms with Crippen molar-refractivity contribution >= 4 is 17.7 Å². The highest BCUT2D eigenvalue weighted by Gasteiger charge is 2.14. The number of carbonyl (C=O) groups excluding carboxylic acids is 1. The summed E-state index contributed by atoms with van der Waals surface area (Å²) in [6.45, 7) is 0.392. The Morgan fingerprint density at radius 1 is 1.10 bits per heavy atom. The standard InChI is InChI=1S/C24H25N3O2S/c1-29-21-10-4-18(5-11-21)23-14-8-20(9-15-24(28)26-17-3-16-25)27(23)19-6-12-22(30-2)13-7-19/h4-8,10-14H,3,9,15,17H2,1-2H3,(H,26,28). The molecular formula is C24H25N3O2S. The smallest absolute Gasteiger partial charge is 0.220 e. The molecule has 3 rings (SSSR count). The van der Waals surface area contributed by atoms with Crippen LogP contribution in [0, 0.1) is 11.3 Å². The van der Waals surface area contributed by atoms with Crippen molar-refractivity contribution in [3.8, 4) is 28.8 Å². The maximum atomic E-state index is 12.1. The van der Waals surface area contributed by atoms with Gasteiger partial charge in [0.25, 0.3) is 0 Å². The predicted molar refractivity (Wildman–Crippen MR) is 121 cm³/mol. The third-order valence-electron chi connectivity index (χ3n) is 4.85. The minimum Gasteiger partial charge on any atom is -0.497 e. The van der Waals surface area contributed by atoms with E-state index < -0.39 is 0 Å². The summed E-state index contributed by atoms with van der Waals surface area (Å²) in [7, 11) is 1.66. The number of aromatic nitrogens is 1. The molecule has 1 heterocycles. The molecule has 30 heavy (non-hydrogen) atoms. The first-order chi connectivity index (χ1) is 14.7. The van der Waals surface area contributed by atoms with Gasteiger partial charge in [-0.3, -0.25) is 4.79 Å². The molecule has 0 unspecified atom stereocenters. The molecule has 0 fully saturated rings. The SMILES string of the molecule is COc1ccc(-c2ccc(CCC(=O)NCCC#N)n2-c2ccc(SC)cc2)cc1. The number of methoxy groups -OCH3 is 1. The summed E-state index contributed by atoms with van der Waals surface area (Å²) in [4.78, 5) is 13.3. The lowest BCUT2D eigenvalue weighted by Gasteiger charge is -2.15. The Hall–Kier alpha value is -3.17. The molecule has 2 aromatic carbocycles. The molecule has 3 aromatic rings. The van der Waals surface area contributed by atoms with Gasteiger partial charge in [0.2, 0.25) is 5.91 Å². The molecule has 0 aliphatic rings. The summed E-state index contributed by atoms with van der Waals surface area (Å²) in [5, 5.41) is 11.4. The number of carbonyl (C=O) groups is 1. The third kappa shape index (κ3) is 5.25. The van der Waals surface area contributed by atoms with Gasteiger partial charge in [-0.2, -0.15) is 5.26 Å². The normalized spacial score (nSPS) is 10.4. The van der Waals surface area contributed by atoms with Crippen LogP contribution in [0.3, 0.4) is 0 Å². The van der Waals surface area contributed by atoms with E-state index in [2.05, 4.69) is 52.5 Å². The van der Waals surface area contributed by atoms with Gasteiger partial charge in [0.1, 0.15) is 5.75 Å². The second-order valence-corrected chi connectivity index (χ2v) is 7.61. The highest BCUT2D eigenvalue weighted by Crippen LogP contribution is 2.29. The Morgan fingerprint density at radius 3 is 2.47 bits per heavy atom. The molecule has 1 aromatic heterocycles. The first kappa shape index (κ1) is 21.5. The highest BCUT2D eigenvalue weighted by molar-refractivity contribution is 7.98. The molecule has 0 atom stereocenters. The van der Waals surface area contributed by atoms with Crippen LogP contribution < -0.4 is 10.1 Å². The van der Waals surface area contributed by atoms with Crippen molar-refractivity contribution in [1.29, 1.82) is 5.26 Å². The Balaban J connectivity index is 1.90. The van der Waals surface area contributed by atoms with Gasteiger partial charge < -0.3 is 14.6 Å². The number of amides is 1. The number of hydrogen-bond donors (Lipinski definition) is 1. The molecule has 0 radical (unpaired) electrons. The number of rotatable bonds is 9. The fraction of sp³-hybridized carbons (Fsp3) is 0.250. The van der Waals surface area contributed by atoms with E-state index in [4.69, 9.17) is 10.00 Å². The summed E-state index contributed by atoms with van der Waals surface area (Å²) in [5.41, 5.74) is 4.26. The number of thioether (sulfide) groups is 1. The Bertz CT molecular complexity index is 1020. The van der Waals surface area contributed by atoms with Gasteiger partial charge in [-0.15, -0.1) is 11.8 Å². The fourth-order valence-corrected chi connectivity index (χ4v) is 3.69. The molecule has 0 saturated heterocycles. The van der Waals surface area contributed by atoms with Gasteiger partial charge in [0.05, 0.1) is 25.3 Å². The van der Waals surface area contributed by atoms with E-state index in [1.165, 1.54) is 4.90 Å². The molecule has 0 spiro atoms. The Kier molecular flexibility index (Phi) is 7.58. The summed E-state index contributed by atoms with van der Waals surface area (Å²) < 4.78 is 7.49. The van der Waals surface area contributed by atoms with E-state index in [0.29, 0.717) is 25.8 Å². The largest absolute Gasteiger partial charge is 0.497 e. The number of aryl methyl sites for hydroxylation is 1. The van der Waals surface area contributed by atoms with E-state index in [1.54, 1.807) is 18.9 Å². The molecule has 0 bridgehead atoms. The zero-order valence-corrected chi connectivity index (χ0v) is 18.0. The number of ether oxygens (including phenoxy) is 1. The van der Waals surface area contributed by atoms with E-state index >= 15 is 0 Å². The van der Waals surface area contributed by atoms with Crippen molar-refractivity contribution < 1.29 is 9.53 Å². The molecule has 0 aliphatic carbocycles. The molecule has 5 nitrogen and oxygen atoms in total. The molecule has 1 amide bonds. The van der Waals surface area contributed by atoms with Crippen LogP contribution in [0.1, 0.15) is 18.5 Å². The Labute approximate surface area is 181 Å². The maximum absolute atomic E-state index is 12.1. The summed E-state index contributed by atoms with van der Waals surface area (Å²) in [6.07, 6.45) is 3.37. The van der Waals surface area contributed by atoms with Crippen LogP contribution in [0.15, 0.2) is 65.6 Å². The molecule has 1 N–H and O–H groups in total. The zero-order valence-electron chi connectivity index (χ0n) is 17.2. The van der Waals surface area contributed by atoms with Crippen LogP contribution >= 0.6 is 11.8 Å². The number of nitrogens with one attached hydrogen (secondary N) is 1. The first-order valence-electron chi connectivity index (χ1n) is 9.79. The number of nitriles is 1. The van der Waals surface area contributed by atoms with Gasteiger partial charge >= 0.3 is 0 Å². The number of nitrogens with zero attached hydrogens (tertiary/aromatic N) is 2. The van der Waals surface area contributed by atoms with Crippen LogP contribution in [0.2, 0.25) is 0 Å². The van der Waals surface area contributed by atoms with Crippen LogP contribution in [0.5, 0.6) is 5.75 Å². The van der Waals surface area contributed by atoms with Crippen molar-refractivity contribution in [2.75, 3.05) is 19.9 Å². The van der Waals surface area contributed by atoms with Crippen molar-refractivity contribution in [1.82, 2.24) is 9.88 Å². The van der Waals surface area contributed by atoms with Crippen molar-refractivity contribution in [3.05, 3.63) is 66.4 Å². The first-order valence-corrected chi connectivity index (χ1v) is 11.0. The Morgan fingerprint density at radius 2 is 1.83 bits per heavy atom. The van der Waals surface area contributed by atoms with E-state index in [-0.39, 0.29) is 5.91 Å². The zero-order chi connectivity index (χ0) is 21.3. The number of hydrogen-bond acceptors (Lipinski definition) is 4. The van der Waals surface area contributed by atoms with Gasteiger partial charge in [-0.1, -0.05) is 0 Å². The number of benzene rings is 2. The molecule has 154 valence electrons. The summed E-state index contributed by atoms with van der Waals surface area (Å²) in [6, 6.07) is 22.6. The maximum Gasteiger partial charge on any atom is 0.220 e. The minimum absolute atomic E-state index is 0.0401. The average molecular weight is 420 g/mol. The van der Waals surface area contributed by atoms with Crippen LogP contribution in [-0.4, -0.2) is 30.4 Å². The predicted octanol–water partition coefficient (Wildman–Crippen LogP) is 4.84. The minimum atomic E-state index is -0.0401. The summed E-state index contributed by atoms with van der Waals surface area (Å²) >= 11 is 1.71. The van der Waals surface area contributed by atoms with Crippen molar-refractivity contribution in [3.63, 3.8) is 0 Å². The lowest BCUT2D eigenvalue weighted by molar-refractivity contribution is -0.121. The quantitative estimate of drug-likeness (QED) is 0.398. The van der Waals surface area contributed by atoms with Gasteiger partial charge in [0, 0.05) is 29.2 Å². The average Bonchev–Trinajstić information content (AvgIpc) is 3.22. The van der Waals surface area contributed by atoms with E-state index in [9.17, 15) is 4.79 Å². The second-order valence-electron chi connectivity index (χ2n) is 6.73. The van der Waals surface area contributed by atoms with Crippen LogP contribution in [0.25, 0.3) is 16.9 Å². The van der Waals surface area contributed by atoms with Gasteiger partial charge in [-0.25, -0.2) is 0 Å². The fourth-order valence-electron chi connectivity index (χ4n) is 3.29.